The van der Waals surface area contributed by atoms with Crippen LogP contribution in [-0.4, -0.2) is 27.9 Å². The standard InChI is InChI=1S/C31H28F3NO5/c1-19-28(26(36)18-39-17-20-3-2-4-25(15-20)31(32,33)34)29(40-35-19)23-7-5-21(6-8-23)22-9-11-24(12-10-22)30(13-14-30)16-27(37)38/h2-12,15,26,36H,13-14,16-18H2,1H3,(H,37,38). The number of aryl methyl sites for hydroxylation is 1. The monoisotopic (exact) mass is 551 g/mol. The van der Waals surface area contributed by atoms with E-state index < -0.39 is 23.8 Å². The molecule has 0 aliphatic heterocycles. The molecule has 1 aliphatic carbocycles. The number of aliphatic carboxylic acids is 1. The van der Waals surface area contributed by atoms with Crippen molar-refractivity contribution in [2.24, 2.45) is 0 Å². The quantitative estimate of drug-likeness (QED) is 0.219. The molecule has 9 heteroatoms. The molecule has 1 atom stereocenters. The van der Waals surface area contributed by atoms with Gasteiger partial charge in [-0.3, -0.25) is 4.79 Å². The highest BCUT2D eigenvalue weighted by atomic mass is 19.4. The number of benzene rings is 3. The Labute approximate surface area is 229 Å². The molecule has 0 saturated heterocycles. The molecular weight excluding hydrogens is 523 g/mol. The molecule has 5 rings (SSSR count). The van der Waals surface area contributed by atoms with Crippen LogP contribution in [0.2, 0.25) is 0 Å². The summed E-state index contributed by atoms with van der Waals surface area (Å²) in [6.07, 6.45) is -3.63. The Morgan fingerprint density at radius 2 is 1.65 bits per heavy atom. The lowest BCUT2D eigenvalue weighted by molar-refractivity contribution is -0.138. The molecule has 4 aromatic rings. The third-order valence-corrected chi connectivity index (χ3v) is 7.36. The van der Waals surface area contributed by atoms with Crippen molar-refractivity contribution in [3.8, 4) is 22.5 Å². The van der Waals surface area contributed by atoms with Gasteiger partial charge in [-0.15, -0.1) is 0 Å². The fourth-order valence-corrected chi connectivity index (χ4v) is 5.02. The molecule has 0 bridgehead atoms. The maximum absolute atomic E-state index is 13.0. The van der Waals surface area contributed by atoms with Crippen molar-refractivity contribution in [3.05, 3.63) is 101 Å². The van der Waals surface area contributed by atoms with Gasteiger partial charge in [-0.25, -0.2) is 0 Å². The van der Waals surface area contributed by atoms with Crippen LogP contribution < -0.4 is 0 Å². The van der Waals surface area contributed by atoms with Crippen molar-refractivity contribution in [1.29, 1.82) is 0 Å². The zero-order valence-corrected chi connectivity index (χ0v) is 21.7. The molecule has 0 radical (unpaired) electrons. The average molecular weight is 552 g/mol. The highest BCUT2D eigenvalue weighted by Crippen LogP contribution is 2.51. The molecule has 2 N–H and O–H groups in total. The Hall–Kier alpha value is -3.95. The Morgan fingerprint density at radius 3 is 2.25 bits per heavy atom. The van der Waals surface area contributed by atoms with E-state index in [1.54, 1.807) is 6.92 Å². The summed E-state index contributed by atoms with van der Waals surface area (Å²) in [4.78, 5) is 11.2. The first-order chi connectivity index (χ1) is 19.1. The molecule has 3 aromatic carbocycles. The molecule has 1 aromatic heterocycles. The molecule has 1 unspecified atom stereocenters. The second-order valence-corrected chi connectivity index (χ2v) is 10.2. The number of hydrogen-bond donors (Lipinski definition) is 2. The van der Waals surface area contributed by atoms with Crippen LogP contribution in [0.4, 0.5) is 13.2 Å². The molecule has 1 heterocycles. The Bertz CT molecular complexity index is 1490. The third kappa shape index (κ3) is 5.95. The summed E-state index contributed by atoms with van der Waals surface area (Å²) in [5.74, 6) is -0.398. The Morgan fingerprint density at radius 1 is 1.02 bits per heavy atom. The highest BCUT2D eigenvalue weighted by molar-refractivity contribution is 5.72. The van der Waals surface area contributed by atoms with Crippen molar-refractivity contribution >= 4 is 5.97 Å². The normalized spacial score (nSPS) is 15.1. The number of hydrogen-bond acceptors (Lipinski definition) is 5. The van der Waals surface area contributed by atoms with E-state index in [2.05, 4.69) is 5.16 Å². The van der Waals surface area contributed by atoms with Crippen LogP contribution in [0.1, 0.15) is 53.3 Å². The minimum atomic E-state index is -4.44. The summed E-state index contributed by atoms with van der Waals surface area (Å²) in [6.45, 7) is 1.45. The first kappa shape index (κ1) is 27.6. The zero-order valence-electron chi connectivity index (χ0n) is 21.7. The summed E-state index contributed by atoms with van der Waals surface area (Å²) >= 11 is 0. The second kappa shape index (κ2) is 10.9. The van der Waals surface area contributed by atoms with E-state index in [-0.39, 0.29) is 25.0 Å². The summed E-state index contributed by atoms with van der Waals surface area (Å²) in [7, 11) is 0. The number of ether oxygens (including phenoxy) is 1. The third-order valence-electron chi connectivity index (χ3n) is 7.36. The highest BCUT2D eigenvalue weighted by Gasteiger charge is 2.45. The minimum absolute atomic E-state index is 0.0917. The first-order valence-corrected chi connectivity index (χ1v) is 12.9. The molecule has 1 saturated carbocycles. The predicted molar refractivity (Wildman–Crippen MR) is 141 cm³/mol. The van der Waals surface area contributed by atoms with Gasteiger partial charge in [0.2, 0.25) is 0 Å². The van der Waals surface area contributed by atoms with Crippen molar-refractivity contribution in [2.45, 2.75) is 50.5 Å². The van der Waals surface area contributed by atoms with Crippen LogP contribution in [0, 0.1) is 6.92 Å². The van der Waals surface area contributed by atoms with E-state index in [1.807, 2.05) is 48.5 Å². The molecule has 1 fully saturated rings. The van der Waals surface area contributed by atoms with Gasteiger partial charge in [-0.1, -0.05) is 65.8 Å². The van der Waals surface area contributed by atoms with Crippen LogP contribution in [0.3, 0.4) is 0 Å². The van der Waals surface area contributed by atoms with E-state index in [9.17, 15) is 28.2 Å². The lowest BCUT2D eigenvalue weighted by Crippen LogP contribution is -2.12. The number of nitrogens with zero attached hydrogens (tertiary/aromatic N) is 1. The number of halogens is 3. The van der Waals surface area contributed by atoms with E-state index in [0.717, 1.165) is 41.7 Å². The van der Waals surface area contributed by atoms with Crippen LogP contribution in [-0.2, 0) is 27.7 Å². The second-order valence-electron chi connectivity index (χ2n) is 10.2. The van der Waals surface area contributed by atoms with Gasteiger partial charge in [-0.2, -0.15) is 13.2 Å². The van der Waals surface area contributed by atoms with Crippen LogP contribution >= 0.6 is 0 Å². The van der Waals surface area contributed by atoms with Crippen LogP contribution in [0.15, 0.2) is 77.3 Å². The Balaban J connectivity index is 1.25. The average Bonchev–Trinajstić information content (AvgIpc) is 3.60. The predicted octanol–water partition coefficient (Wildman–Crippen LogP) is 7.09. The smallest absolute Gasteiger partial charge is 0.416 e. The molecule has 6 nitrogen and oxygen atoms in total. The summed E-state index contributed by atoms with van der Waals surface area (Å²) in [5.41, 5.74) is 3.98. The number of alkyl halides is 3. The molecule has 0 spiro atoms. The molecule has 0 amide bonds. The fraction of sp³-hybridized carbons (Fsp3) is 0.290. The van der Waals surface area contributed by atoms with Crippen molar-refractivity contribution < 1.29 is 37.4 Å². The van der Waals surface area contributed by atoms with Crippen molar-refractivity contribution in [3.63, 3.8) is 0 Å². The van der Waals surface area contributed by atoms with E-state index in [4.69, 9.17) is 9.26 Å². The number of aromatic nitrogens is 1. The van der Waals surface area contributed by atoms with Crippen molar-refractivity contribution in [2.75, 3.05) is 6.61 Å². The number of aliphatic hydroxyl groups is 1. The number of aliphatic hydroxyl groups excluding tert-OH is 1. The fourth-order valence-electron chi connectivity index (χ4n) is 5.02. The lowest BCUT2D eigenvalue weighted by Gasteiger charge is -2.14. The zero-order chi connectivity index (χ0) is 28.5. The van der Waals surface area contributed by atoms with Gasteiger partial charge >= 0.3 is 12.1 Å². The lowest BCUT2D eigenvalue weighted by atomic mass is 9.91. The van der Waals surface area contributed by atoms with E-state index in [1.165, 1.54) is 12.1 Å². The minimum Gasteiger partial charge on any atom is -0.481 e. The van der Waals surface area contributed by atoms with Gasteiger partial charge in [0.25, 0.3) is 0 Å². The van der Waals surface area contributed by atoms with Gasteiger partial charge < -0.3 is 19.5 Å². The Kier molecular flexibility index (Phi) is 7.53. The number of carboxylic acid groups (broad SMARTS) is 1. The van der Waals surface area contributed by atoms with Crippen molar-refractivity contribution in [1.82, 2.24) is 5.16 Å². The van der Waals surface area contributed by atoms with Gasteiger partial charge in [0.1, 0.15) is 6.10 Å². The van der Waals surface area contributed by atoms with Gasteiger partial charge in [0.15, 0.2) is 5.76 Å². The summed E-state index contributed by atoms with van der Waals surface area (Å²) in [6, 6.07) is 20.4. The maximum atomic E-state index is 13.0. The topological polar surface area (TPSA) is 92.8 Å². The van der Waals surface area contributed by atoms with Crippen LogP contribution in [0.5, 0.6) is 0 Å². The molecule has 40 heavy (non-hydrogen) atoms. The number of carbonyl (C=O) groups is 1. The van der Waals surface area contributed by atoms with Gasteiger partial charge in [-0.05, 0) is 54.2 Å². The molecular formula is C31H28F3NO5. The van der Waals surface area contributed by atoms with E-state index in [0.29, 0.717) is 28.1 Å². The number of carboxylic acids is 1. The largest absolute Gasteiger partial charge is 0.481 e. The van der Waals surface area contributed by atoms with Crippen LogP contribution in [0.25, 0.3) is 22.5 Å². The summed E-state index contributed by atoms with van der Waals surface area (Å²) in [5, 5.41) is 24.1. The first-order valence-electron chi connectivity index (χ1n) is 12.9. The maximum Gasteiger partial charge on any atom is 0.416 e. The SMILES string of the molecule is Cc1noc(-c2ccc(-c3ccc(C4(CC(=O)O)CC4)cc3)cc2)c1C(O)COCc1cccc(C(F)(F)F)c1. The van der Waals surface area contributed by atoms with E-state index >= 15 is 0 Å². The number of rotatable bonds is 10. The molecule has 208 valence electrons. The molecule has 1 aliphatic rings. The summed E-state index contributed by atoms with van der Waals surface area (Å²) < 4.78 is 49.9. The van der Waals surface area contributed by atoms with Gasteiger partial charge in [0.05, 0.1) is 36.5 Å². The van der Waals surface area contributed by atoms with Gasteiger partial charge in [0, 0.05) is 11.0 Å².